The predicted octanol–water partition coefficient (Wildman–Crippen LogP) is 2.26. The van der Waals surface area contributed by atoms with Crippen molar-refractivity contribution in [3.8, 4) is 0 Å². The number of ether oxygens (including phenoxy) is 1. The lowest BCUT2D eigenvalue weighted by molar-refractivity contribution is 0.0377. The Kier molecular flexibility index (Phi) is 8.67. The van der Waals surface area contributed by atoms with Gasteiger partial charge in [0, 0.05) is 49.8 Å². The van der Waals surface area contributed by atoms with Crippen molar-refractivity contribution in [1.82, 2.24) is 15.2 Å². The summed E-state index contributed by atoms with van der Waals surface area (Å²) in [6, 6.07) is 6.40. The second-order valence-electron chi connectivity index (χ2n) is 6.56. The maximum Gasteiger partial charge on any atom is 0.188 e. The van der Waals surface area contributed by atoms with Gasteiger partial charge in [-0.25, -0.2) is 0 Å². The number of aryl methyl sites for hydroxylation is 1. The minimum atomic E-state index is 0. The number of rotatable bonds is 7. The third-order valence-corrected chi connectivity index (χ3v) is 4.73. The first-order valence-electron chi connectivity index (χ1n) is 9.13. The summed E-state index contributed by atoms with van der Waals surface area (Å²) in [4.78, 5) is 10.2. The van der Waals surface area contributed by atoms with Crippen molar-refractivity contribution in [2.24, 2.45) is 10.7 Å². The first-order valence-corrected chi connectivity index (χ1v) is 9.13. The van der Waals surface area contributed by atoms with Gasteiger partial charge in [-0.1, -0.05) is 18.2 Å². The Morgan fingerprint density at radius 2 is 2.15 bits per heavy atom. The second-order valence-corrected chi connectivity index (χ2v) is 6.56. The van der Waals surface area contributed by atoms with E-state index in [-0.39, 0.29) is 24.0 Å². The molecule has 0 atom stereocenters. The minimum Gasteiger partial charge on any atom is -0.379 e. The number of morpholine rings is 1. The van der Waals surface area contributed by atoms with Crippen LogP contribution in [-0.4, -0.2) is 61.8 Å². The van der Waals surface area contributed by atoms with Crippen LogP contribution in [0.15, 0.2) is 29.4 Å². The molecule has 3 rings (SSSR count). The average Bonchev–Trinajstić information content (AvgIpc) is 3.04. The molecule has 6 nitrogen and oxygen atoms in total. The lowest BCUT2D eigenvalue weighted by atomic mass is 10.1. The Morgan fingerprint density at radius 3 is 2.96 bits per heavy atom. The van der Waals surface area contributed by atoms with Crippen LogP contribution in [0.2, 0.25) is 0 Å². The van der Waals surface area contributed by atoms with Crippen LogP contribution in [0.3, 0.4) is 0 Å². The molecule has 1 saturated heterocycles. The molecule has 0 radical (unpaired) electrons. The van der Waals surface area contributed by atoms with Gasteiger partial charge in [-0.2, -0.15) is 0 Å². The fraction of sp³-hybridized carbons (Fsp3) is 0.526. The fourth-order valence-electron chi connectivity index (χ4n) is 3.27. The van der Waals surface area contributed by atoms with Crippen LogP contribution in [0.1, 0.15) is 17.5 Å². The molecule has 1 aliphatic heterocycles. The molecule has 0 unspecified atom stereocenters. The molecule has 2 aromatic rings. The Balaban J connectivity index is 0.00000243. The van der Waals surface area contributed by atoms with E-state index in [9.17, 15) is 0 Å². The molecule has 1 fully saturated rings. The number of benzene rings is 1. The Hall–Kier alpha value is -1.32. The summed E-state index contributed by atoms with van der Waals surface area (Å²) in [5, 5.41) is 4.51. The topological polar surface area (TPSA) is 78.7 Å². The van der Waals surface area contributed by atoms with Gasteiger partial charge in [0.15, 0.2) is 5.96 Å². The van der Waals surface area contributed by atoms with Crippen LogP contribution in [-0.2, 0) is 11.2 Å². The molecule has 7 heteroatoms. The minimum absolute atomic E-state index is 0. The zero-order valence-electron chi connectivity index (χ0n) is 15.5. The molecular formula is C19H30IN5O. The monoisotopic (exact) mass is 471 g/mol. The van der Waals surface area contributed by atoms with Crippen molar-refractivity contribution in [3.05, 3.63) is 35.5 Å². The number of H-pyrrole nitrogens is 1. The maximum atomic E-state index is 5.97. The summed E-state index contributed by atoms with van der Waals surface area (Å²) in [6.07, 6.45) is 4.05. The quantitative estimate of drug-likeness (QED) is 0.251. The normalized spacial score (nSPS) is 15.8. The highest BCUT2D eigenvalue weighted by Gasteiger charge is 2.09. The molecule has 0 spiro atoms. The molecule has 0 aliphatic carbocycles. The van der Waals surface area contributed by atoms with Crippen molar-refractivity contribution in [2.45, 2.75) is 19.8 Å². The predicted molar refractivity (Wildman–Crippen MR) is 119 cm³/mol. The Labute approximate surface area is 172 Å². The van der Waals surface area contributed by atoms with E-state index in [4.69, 9.17) is 10.5 Å². The number of guanidine groups is 1. The zero-order valence-corrected chi connectivity index (χ0v) is 17.8. The van der Waals surface area contributed by atoms with Crippen LogP contribution in [0.5, 0.6) is 0 Å². The van der Waals surface area contributed by atoms with E-state index in [1.54, 1.807) is 0 Å². The highest BCUT2D eigenvalue weighted by molar-refractivity contribution is 14.0. The van der Waals surface area contributed by atoms with Crippen molar-refractivity contribution in [1.29, 1.82) is 0 Å². The molecule has 0 amide bonds. The number of aromatic nitrogens is 1. The molecule has 0 saturated carbocycles. The first kappa shape index (κ1) is 21.0. The average molecular weight is 471 g/mol. The van der Waals surface area contributed by atoms with Gasteiger partial charge < -0.3 is 20.8 Å². The van der Waals surface area contributed by atoms with Gasteiger partial charge in [0.05, 0.1) is 13.2 Å². The number of fused-ring (bicyclic) bond motifs is 1. The fourth-order valence-corrected chi connectivity index (χ4v) is 3.27. The number of aliphatic imine (C=N–C) groups is 1. The van der Waals surface area contributed by atoms with E-state index in [1.165, 1.54) is 22.0 Å². The van der Waals surface area contributed by atoms with E-state index < -0.39 is 0 Å². The molecule has 1 aromatic heterocycles. The van der Waals surface area contributed by atoms with Crippen LogP contribution in [0.4, 0.5) is 0 Å². The molecule has 1 aliphatic rings. The first-order chi connectivity index (χ1) is 12.2. The molecule has 1 aromatic carbocycles. The third-order valence-electron chi connectivity index (χ3n) is 4.73. The van der Waals surface area contributed by atoms with Crippen molar-refractivity contribution in [2.75, 3.05) is 45.9 Å². The molecule has 2 heterocycles. The summed E-state index contributed by atoms with van der Waals surface area (Å²) >= 11 is 0. The zero-order chi connectivity index (χ0) is 17.5. The summed E-state index contributed by atoms with van der Waals surface area (Å²) in [5.41, 5.74) is 9.78. The number of aromatic amines is 1. The van der Waals surface area contributed by atoms with Crippen LogP contribution < -0.4 is 11.1 Å². The number of nitrogens with zero attached hydrogens (tertiary/aromatic N) is 2. The van der Waals surface area contributed by atoms with Gasteiger partial charge in [0.25, 0.3) is 0 Å². The molecule has 144 valence electrons. The Morgan fingerprint density at radius 1 is 1.35 bits per heavy atom. The van der Waals surface area contributed by atoms with Crippen molar-refractivity contribution < 1.29 is 4.74 Å². The van der Waals surface area contributed by atoms with Crippen molar-refractivity contribution >= 4 is 40.8 Å². The third kappa shape index (κ3) is 5.85. The van der Waals surface area contributed by atoms with E-state index in [1.807, 2.05) is 0 Å². The lowest BCUT2D eigenvalue weighted by Gasteiger charge is -2.26. The summed E-state index contributed by atoms with van der Waals surface area (Å²) in [7, 11) is 0. The van der Waals surface area contributed by atoms with Crippen LogP contribution in [0, 0.1) is 6.92 Å². The highest BCUT2D eigenvalue weighted by atomic mass is 127. The second kappa shape index (κ2) is 10.7. The van der Waals surface area contributed by atoms with Crippen LogP contribution >= 0.6 is 24.0 Å². The molecule has 0 bridgehead atoms. The van der Waals surface area contributed by atoms with Gasteiger partial charge in [0.1, 0.15) is 0 Å². The number of halogens is 1. The number of nitrogens with two attached hydrogens (primary N) is 1. The van der Waals surface area contributed by atoms with E-state index in [2.05, 4.69) is 51.5 Å². The van der Waals surface area contributed by atoms with Gasteiger partial charge in [0.2, 0.25) is 0 Å². The smallest absolute Gasteiger partial charge is 0.188 e. The summed E-state index contributed by atoms with van der Waals surface area (Å²) < 4.78 is 5.35. The Bertz CT molecular complexity index is 709. The number of hydrogen-bond acceptors (Lipinski definition) is 3. The van der Waals surface area contributed by atoms with Gasteiger partial charge in [-0.05, 0) is 30.9 Å². The number of hydrogen-bond donors (Lipinski definition) is 3. The molecule has 26 heavy (non-hydrogen) atoms. The number of para-hydroxylation sites is 1. The lowest BCUT2D eigenvalue weighted by Crippen LogP contribution is -2.37. The summed E-state index contributed by atoms with van der Waals surface area (Å²) in [5.74, 6) is 0.540. The largest absolute Gasteiger partial charge is 0.379 e. The van der Waals surface area contributed by atoms with Crippen LogP contribution in [0.25, 0.3) is 10.9 Å². The maximum absolute atomic E-state index is 5.97. The number of nitrogens with one attached hydrogen (secondary N) is 2. The van der Waals surface area contributed by atoms with Gasteiger partial charge >= 0.3 is 0 Å². The summed E-state index contributed by atoms with van der Waals surface area (Å²) in [6.45, 7) is 8.50. The van der Waals surface area contributed by atoms with Crippen molar-refractivity contribution in [3.63, 3.8) is 0 Å². The molecular weight excluding hydrogens is 441 g/mol. The highest BCUT2D eigenvalue weighted by Crippen LogP contribution is 2.21. The van der Waals surface area contributed by atoms with E-state index >= 15 is 0 Å². The van der Waals surface area contributed by atoms with E-state index in [0.717, 1.165) is 58.8 Å². The standard InChI is InChI=1S/C19H29N5O.HI/c1-15-4-2-5-17-16(14-23-18(15)17)6-8-22-19(20)21-7-3-9-24-10-12-25-13-11-24;/h2,4-5,14,23H,3,6-13H2,1H3,(H3,20,21,22);1H. The van der Waals surface area contributed by atoms with E-state index in [0.29, 0.717) is 5.96 Å². The van der Waals surface area contributed by atoms with Gasteiger partial charge in [-0.3, -0.25) is 9.89 Å². The van der Waals surface area contributed by atoms with Gasteiger partial charge in [-0.15, -0.1) is 24.0 Å². The SMILES string of the molecule is Cc1cccc2c(CCNC(N)=NCCCN3CCOCC3)c[nH]c12.I. The molecule has 4 N–H and O–H groups in total.